The van der Waals surface area contributed by atoms with Crippen LogP contribution in [0, 0.1) is 6.92 Å². The molecule has 110 valence electrons. The van der Waals surface area contributed by atoms with Crippen LogP contribution in [0.1, 0.15) is 36.5 Å². The van der Waals surface area contributed by atoms with Gasteiger partial charge in [0.1, 0.15) is 11.5 Å². The minimum absolute atomic E-state index is 0.00795. The fraction of sp³-hybridized carbons (Fsp3) is 0.235. The lowest BCUT2D eigenvalue weighted by Gasteiger charge is -2.16. The van der Waals surface area contributed by atoms with E-state index < -0.39 is 0 Å². The van der Waals surface area contributed by atoms with Gasteiger partial charge in [-0.1, -0.05) is 35.0 Å². The maximum Gasteiger partial charge on any atom is 0.244 e. The molecule has 0 spiro atoms. The van der Waals surface area contributed by atoms with E-state index in [4.69, 9.17) is 4.42 Å². The molecular weight excluding hydrogens is 330 g/mol. The highest BCUT2D eigenvalue weighted by molar-refractivity contribution is 9.10. The lowest BCUT2D eigenvalue weighted by Crippen LogP contribution is -2.26. The summed E-state index contributed by atoms with van der Waals surface area (Å²) in [6.45, 7) is 3.92. The minimum atomic E-state index is -0.126. The van der Waals surface area contributed by atoms with Crippen LogP contribution in [0.2, 0.25) is 0 Å². The Balaban J connectivity index is 1.99. The van der Waals surface area contributed by atoms with E-state index in [1.165, 1.54) is 6.08 Å². The highest BCUT2D eigenvalue weighted by Gasteiger charge is 2.10. The van der Waals surface area contributed by atoms with Crippen LogP contribution in [0.4, 0.5) is 0 Å². The van der Waals surface area contributed by atoms with Crippen molar-refractivity contribution < 1.29 is 9.21 Å². The molecule has 1 N–H and O–H groups in total. The number of benzene rings is 1. The molecule has 4 heteroatoms. The third kappa shape index (κ3) is 4.60. The normalized spacial score (nSPS) is 12.5. The van der Waals surface area contributed by atoms with Crippen LogP contribution < -0.4 is 5.32 Å². The van der Waals surface area contributed by atoms with Crippen molar-refractivity contribution in [3.63, 3.8) is 0 Å². The second-order valence-electron chi connectivity index (χ2n) is 4.80. The van der Waals surface area contributed by atoms with Gasteiger partial charge in [-0.25, -0.2) is 0 Å². The van der Waals surface area contributed by atoms with Gasteiger partial charge in [-0.2, -0.15) is 0 Å². The zero-order chi connectivity index (χ0) is 15.2. The van der Waals surface area contributed by atoms with E-state index in [0.717, 1.165) is 22.2 Å². The summed E-state index contributed by atoms with van der Waals surface area (Å²) in [7, 11) is 0. The fourth-order valence-corrected chi connectivity index (χ4v) is 2.30. The van der Waals surface area contributed by atoms with Gasteiger partial charge in [-0.15, -0.1) is 0 Å². The maximum absolute atomic E-state index is 12.0. The summed E-state index contributed by atoms with van der Waals surface area (Å²) in [5, 5.41) is 3.00. The lowest BCUT2D eigenvalue weighted by atomic mass is 10.0. The molecule has 0 saturated heterocycles. The molecule has 2 aromatic rings. The van der Waals surface area contributed by atoms with E-state index in [9.17, 15) is 4.79 Å². The van der Waals surface area contributed by atoms with E-state index in [1.54, 1.807) is 6.08 Å². The molecule has 0 aliphatic rings. The van der Waals surface area contributed by atoms with Crippen LogP contribution >= 0.6 is 15.9 Å². The Morgan fingerprint density at radius 2 is 2.00 bits per heavy atom. The van der Waals surface area contributed by atoms with Crippen LogP contribution in [-0.4, -0.2) is 5.91 Å². The average Bonchev–Trinajstić information content (AvgIpc) is 2.89. The largest absolute Gasteiger partial charge is 0.462 e. The maximum atomic E-state index is 12.0. The van der Waals surface area contributed by atoms with Gasteiger partial charge in [0, 0.05) is 10.5 Å². The molecule has 0 radical (unpaired) electrons. The van der Waals surface area contributed by atoms with E-state index in [-0.39, 0.29) is 11.9 Å². The molecule has 1 amide bonds. The smallest absolute Gasteiger partial charge is 0.244 e. The summed E-state index contributed by atoms with van der Waals surface area (Å²) in [5.74, 6) is 1.38. The second kappa shape index (κ2) is 7.27. The number of halogens is 1. The standard InChI is InChI=1S/C17H18BrNO2/c1-3-16(13-5-7-14(18)8-6-13)19-17(20)11-10-15-9-4-12(2)21-15/h4-11,16H,3H2,1-2H3,(H,19,20)/b11-10+. The van der Waals surface area contributed by atoms with E-state index in [2.05, 4.69) is 21.2 Å². The number of aryl methyl sites for hydroxylation is 1. The van der Waals surface area contributed by atoms with Gasteiger partial charge in [0.15, 0.2) is 0 Å². The van der Waals surface area contributed by atoms with Crippen molar-refractivity contribution in [2.75, 3.05) is 0 Å². The van der Waals surface area contributed by atoms with Gasteiger partial charge < -0.3 is 9.73 Å². The number of carbonyl (C=O) groups is 1. The van der Waals surface area contributed by atoms with Gasteiger partial charge in [0.2, 0.25) is 5.91 Å². The van der Waals surface area contributed by atoms with Gasteiger partial charge in [-0.05, 0) is 49.2 Å². The number of hydrogen-bond donors (Lipinski definition) is 1. The number of nitrogens with one attached hydrogen (secondary N) is 1. The topological polar surface area (TPSA) is 42.2 Å². The molecule has 1 unspecified atom stereocenters. The van der Waals surface area contributed by atoms with Crippen molar-refractivity contribution in [2.24, 2.45) is 0 Å². The van der Waals surface area contributed by atoms with E-state index >= 15 is 0 Å². The predicted octanol–water partition coefficient (Wildman–Crippen LogP) is 4.63. The highest BCUT2D eigenvalue weighted by atomic mass is 79.9. The molecule has 1 aromatic heterocycles. The van der Waals surface area contributed by atoms with Crippen molar-refractivity contribution in [1.29, 1.82) is 0 Å². The summed E-state index contributed by atoms with van der Waals surface area (Å²) < 4.78 is 6.42. The van der Waals surface area contributed by atoms with Crippen molar-refractivity contribution in [2.45, 2.75) is 26.3 Å². The van der Waals surface area contributed by atoms with E-state index in [1.807, 2.05) is 50.2 Å². The summed E-state index contributed by atoms with van der Waals surface area (Å²) in [6.07, 6.45) is 4.01. The van der Waals surface area contributed by atoms with Crippen molar-refractivity contribution in [1.82, 2.24) is 5.32 Å². The van der Waals surface area contributed by atoms with Gasteiger partial charge in [0.05, 0.1) is 6.04 Å². The Bertz CT molecular complexity index is 628. The second-order valence-corrected chi connectivity index (χ2v) is 5.72. The first-order valence-corrected chi connectivity index (χ1v) is 7.68. The molecule has 21 heavy (non-hydrogen) atoms. The van der Waals surface area contributed by atoms with Crippen molar-refractivity contribution in [3.8, 4) is 0 Å². The molecule has 3 nitrogen and oxygen atoms in total. The molecule has 0 aliphatic carbocycles. The Hall–Kier alpha value is -1.81. The lowest BCUT2D eigenvalue weighted by molar-refractivity contribution is -0.117. The Morgan fingerprint density at radius 1 is 1.29 bits per heavy atom. The zero-order valence-electron chi connectivity index (χ0n) is 12.1. The SMILES string of the molecule is CCC(NC(=O)/C=C/c1ccc(C)o1)c1ccc(Br)cc1. The quantitative estimate of drug-likeness (QED) is 0.801. The monoisotopic (exact) mass is 347 g/mol. The molecule has 0 saturated carbocycles. The first-order valence-electron chi connectivity index (χ1n) is 6.89. The van der Waals surface area contributed by atoms with Crippen LogP contribution in [-0.2, 0) is 4.79 Å². The number of amides is 1. The Labute approximate surface area is 133 Å². The van der Waals surface area contributed by atoms with Gasteiger partial charge in [0.25, 0.3) is 0 Å². The molecule has 1 atom stereocenters. The molecule has 0 fully saturated rings. The van der Waals surface area contributed by atoms with E-state index in [0.29, 0.717) is 5.76 Å². The van der Waals surface area contributed by atoms with Gasteiger partial charge >= 0.3 is 0 Å². The molecule has 1 heterocycles. The predicted molar refractivity (Wildman–Crippen MR) is 87.8 cm³/mol. The first-order chi connectivity index (χ1) is 10.1. The minimum Gasteiger partial charge on any atom is -0.462 e. The molecule has 2 rings (SSSR count). The Kier molecular flexibility index (Phi) is 5.39. The van der Waals surface area contributed by atoms with Crippen LogP contribution in [0.25, 0.3) is 6.08 Å². The van der Waals surface area contributed by atoms with Crippen LogP contribution in [0.5, 0.6) is 0 Å². The average molecular weight is 348 g/mol. The fourth-order valence-electron chi connectivity index (χ4n) is 2.04. The summed E-state index contributed by atoms with van der Waals surface area (Å²) in [6, 6.07) is 11.7. The number of rotatable bonds is 5. The molecule has 0 bridgehead atoms. The molecular formula is C17H18BrNO2. The van der Waals surface area contributed by atoms with Crippen LogP contribution in [0.3, 0.4) is 0 Å². The Morgan fingerprint density at radius 3 is 2.57 bits per heavy atom. The van der Waals surface area contributed by atoms with Crippen molar-refractivity contribution in [3.05, 3.63) is 64.0 Å². The number of carbonyl (C=O) groups excluding carboxylic acids is 1. The highest BCUT2D eigenvalue weighted by Crippen LogP contribution is 2.19. The van der Waals surface area contributed by atoms with Crippen LogP contribution in [0.15, 0.2) is 51.4 Å². The van der Waals surface area contributed by atoms with Crippen molar-refractivity contribution >= 4 is 27.9 Å². The third-order valence-electron chi connectivity index (χ3n) is 3.16. The summed E-state index contributed by atoms with van der Waals surface area (Å²) in [4.78, 5) is 12.0. The summed E-state index contributed by atoms with van der Waals surface area (Å²) in [5.41, 5.74) is 1.09. The zero-order valence-corrected chi connectivity index (χ0v) is 13.7. The van der Waals surface area contributed by atoms with Gasteiger partial charge in [-0.3, -0.25) is 4.79 Å². The summed E-state index contributed by atoms with van der Waals surface area (Å²) >= 11 is 3.41. The first kappa shape index (κ1) is 15.6. The molecule has 0 aliphatic heterocycles. The number of hydrogen-bond acceptors (Lipinski definition) is 2. The third-order valence-corrected chi connectivity index (χ3v) is 3.69. The molecule has 1 aromatic carbocycles. The number of furan rings is 1.